The van der Waals surface area contributed by atoms with Gasteiger partial charge in [-0.1, -0.05) is 12.1 Å². The number of ether oxygens (including phenoxy) is 1. The Bertz CT molecular complexity index is 361. The highest BCUT2D eigenvalue weighted by atomic mass is 16.5. The van der Waals surface area contributed by atoms with Gasteiger partial charge in [-0.2, -0.15) is 0 Å². The van der Waals surface area contributed by atoms with Crippen LogP contribution >= 0.6 is 0 Å². The maximum atomic E-state index is 11.0. The first-order chi connectivity index (χ1) is 8.61. The zero-order valence-electron chi connectivity index (χ0n) is 11.3. The van der Waals surface area contributed by atoms with Crippen molar-refractivity contribution in [3.05, 3.63) is 29.8 Å². The van der Waals surface area contributed by atoms with E-state index in [4.69, 9.17) is 4.74 Å². The topological polar surface area (TPSA) is 50.4 Å². The SMILES string of the molecule is CNC(=O)CCNCc1ccc(OC(C)C)cc1. The van der Waals surface area contributed by atoms with Crippen molar-refractivity contribution in [3.8, 4) is 5.75 Å². The molecular formula is C14H22N2O2. The monoisotopic (exact) mass is 250 g/mol. The lowest BCUT2D eigenvalue weighted by molar-refractivity contribution is -0.120. The summed E-state index contributed by atoms with van der Waals surface area (Å²) >= 11 is 0. The molecular weight excluding hydrogens is 228 g/mol. The zero-order valence-corrected chi connectivity index (χ0v) is 11.3. The van der Waals surface area contributed by atoms with Crippen LogP contribution in [0.2, 0.25) is 0 Å². The summed E-state index contributed by atoms with van der Waals surface area (Å²) in [5.41, 5.74) is 1.18. The van der Waals surface area contributed by atoms with Crippen LogP contribution in [0.4, 0.5) is 0 Å². The molecule has 0 unspecified atom stereocenters. The molecule has 2 N–H and O–H groups in total. The maximum Gasteiger partial charge on any atom is 0.221 e. The van der Waals surface area contributed by atoms with Crippen LogP contribution in [0.3, 0.4) is 0 Å². The first-order valence-electron chi connectivity index (χ1n) is 6.28. The van der Waals surface area contributed by atoms with Crippen LogP contribution < -0.4 is 15.4 Å². The van der Waals surface area contributed by atoms with Gasteiger partial charge in [0.25, 0.3) is 0 Å². The molecule has 4 nitrogen and oxygen atoms in total. The van der Waals surface area contributed by atoms with E-state index in [0.717, 1.165) is 12.3 Å². The van der Waals surface area contributed by atoms with Crippen LogP contribution in [0.15, 0.2) is 24.3 Å². The number of rotatable bonds is 7. The van der Waals surface area contributed by atoms with Crippen molar-refractivity contribution in [2.24, 2.45) is 0 Å². The fraction of sp³-hybridized carbons (Fsp3) is 0.500. The standard InChI is InChI=1S/C14H22N2O2/c1-11(2)18-13-6-4-12(5-7-13)10-16-9-8-14(17)15-3/h4-7,11,16H,8-10H2,1-3H3,(H,15,17). The lowest BCUT2D eigenvalue weighted by Crippen LogP contribution is -2.24. The molecule has 0 heterocycles. The summed E-state index contributed by atoms with van der Waals surface area (Å²) in [6.07, 6.45) is 0.701. The summed E-state index contributed by atoms with van der Waals surface area (Å²) in [6, 6.07) is 8.00. The van der Waals surface area contributed by atoms with Gasteiger partial charge in [-0.25, -0.2) is 0 Å². The lowest BCUT2D eigenvalue weighted by Gasteiger charge is -2.10. The predicted octanol–water partition coefficient (Wildman–Crippen LogP) is 1.70. The average molecular weight is 250 g/mol. The van der Waals surface area contributed by atoms with E-state index in [2.05, 4.69) is 10.6 Å². The molecule has 4 heteroatoms. The molecule has 0 aliphatic carbocycles. The Morgan fingerprint density at radius 2 is 1.94 bits per heavy atom. The van der Waals surface area contributed by atoms with Crippen molar-refractivity contribution in [2.45, 2.75) is 32.9 Å². The van der Waals surface area contributed by atoms with Crippen LogP contribution in [0.5, 0.6) is 5.75 Å². The second kappa shape index (κ2) is 7.71. The third-order valence-electron chi connectivity index (χ3n) is 2.43. The first kappa shape index (κ1) is 14.5. The van der Waals surface area contributed by atoms with Crippen LogP contribution in [0, 0.1) is 0 Å². The highest BCUT2D eigenvalue weighted by Gasteiger charge is 1.99. The first-order valence-corrected chi connectivity index (χ1v) is 6.28. The van der Waals surface area contributed by atoms with Crippen molar-refractivity contribution in [3.63, 3.8) is 0 Å². The number of hydrogen-bond acceptors (Lipinski definition) is 3. The second-order valence-electron chi connectivity index (χ2n) is 4.41. The molecule has 0 atom stereocenters. The molecule has 0 radical (unpaired) electrons. The van der Waals surface area contributed by atoms with E-state index in [0.29, 0.717) is 13.0 Å². The Morgan fingerprint density at radius 1 is 1.28 bits per heavy atom. The van der Waals surface area contributed by atoms with Crippen LogP contribution in [0.25, 0.3) is 0 Å². The minimum atomic E-state index is 0.0585. The van der Waals surface area contributed by atoms with Gasteiger partial charge in [-0.05, 0) is 31.5 Å². The van der Waals surface area contributed by atoms with E-state index in [1.807, 2.05) is 38.1 Å². The van der Waals surface area contributed by atoms with Gasteiger partial charge < -0.3 is 15.4 Å². The largest absolute Gasteiger partial charge is 0.491 e. The predicted molar refractivity (Wildman–Crippen MR) is 72.6 cm³/mol. The summed E-state index contributed by atoms with van der Waals surface area (Å²) < 4.78 is 5.57. The summed E-state index contributed by atoms with van der Waals surface area (Å²) in [4.78, 5) is 11.0. The minimum absolute atomic E-state index is 0.0585. The molecule has 0 spiro atoms. The van der Waals surface area contributed by atoms with E-state index in [1.165, 1.54) is 5.56 Å². The maximum absolute atomic E-state index is 11.0. The number of benzene rings is 1. The molecule has 0 aliphatic rings. The van der Waals surface area contributed by atoms with Crippen molar-refractivity contribution >= 4 is 5.91 Å². The third-order valence-corrected chi connectivity index (χ3v) is 2.43. The zero-order chi connectivity index (χ0) is 13.4. The number of nitrogens with one attached hydrogen (secondary N) is 2. The summed E-state index contributed by atoms with van der Waals surface area (Å²) in [7, 11) is 1.65. The highest BCUT2D eigenvalue weighted by Crippen LogP contribution is 2.13. The molecule has 1 aromatic rings. The van der Waals surface area contributed by atoms with Gasteiger partial charge in [0.1, 0.15) is 5.75 Å². The van der Waals surface area contributed by atoms with E-state index < -0.39 is 0 Å². The van der Waals surface area contributed by atoms with Crippen molar-refractivity contribution in [1.82, 2.24) is 10.6 Å². The van der Waals surface area contributed by atoms with Crippen molar-refractivity contribution in [1.29, 1.82) is 0 Å². The average Bonchev–Trinajstić information content (AvgIpc) is 2.35. The molecule has 0 saturated carbocycles. The summed E-state index contributed by atoms with van der Waals surface area (Å²) in [5, 5.41) is 5.82. The smallest absolute Gasteiger partial charge is 0.221 e. The van der Waals surface area contributed by atoms with E-state index >= 15 is 0 Å². The Balaban J connectivity index is 2.28. The molecule has 0 fully saturated rings. The van der Waals surface area contributed by atoms with Crippen LogP contribution in [-0.4, -0.2) is 25.6 Å². The molecule has 0 bridgehead atoms. The Hall–Kier alpha value is -1.55. The van der Waals surface area contributed by atoms with Gasteiger partial charge >= 0.3 is 0 Å². The molecule has 1 aromatic carbocycles. The summed E-state index contributed by atoms with van der Waals surface area (Å²) in [6.45, 7) is 5.46. The molecule has 100 valence electrons. The van der Waals surface area contributed by atoms with Gasteiger partial charge in [0.15, 0.2) is 0 Å². The van der Waals surface area contributed by atoms with E-state index in [1.54, 1.807) is 7.05 Å². The van der Waals surface area contributed by atoms with Gasteiger partial charge in [0.05, 0.1) is 6.10 Å². The Labute approximate surface area is 109 Å². The number of carbonyl (C=O) groups is 1. The molecule has 0 aliphatic heterocycles. The number of amides is 1. The van der Waals surface area contributed by atoms with E-state index in [9.17, 15) is 4.79 Å². The van der Waals surface area contributed by atoms with Crippen LogP contribution in [-0.2, 0) is 11.3 Å². The quantitative estimate of drug-likeness (QED) is 0.724. The summed E-state index contributed by atoms with van der Waals surface area (Å²) in [5.74, 6) is 0.947. The van der Waals surface area contributed by atoms with Gasteiger partial charge in [-0.3, -0.25) is 4.79 Å². The minimum Gasteiger partial charge on any atom is -0.491 e. The highest BCUT2D eigenvalue weighted by molar-refractivity contribution is 5.75. The van der Waals surface area contributed by atoms with Crippen LogP contribution in [0.1, 0.15) is 25.8 Å². The van der Waals surface area contributed by atoms with Gasteiger partial charge in [0.2, 0.25) is 5.91 Å². The molecule has 0 saturated heterocycles. The number of carbonyl (C=O) groups excluding carboxylic acids is 1. The van der Waals surface area contributed by atoms with Gasteiger partial charge in [-0.15, -0.1) is 0 Å². The fourth-order valence-electron chi connectivity index (χ4n) is 1.52. The lowest BCUT2D eigenvalue weighted by atomic mass is 10.2. The normalized spacial score (nSPS) is 10.4. The molecule has 0 aromatic heterocycles. The molecule has 1 rings (SSSR count). The van der Waals surface area contributed by atoms with E-state index in [-0.39, 0.29) is 12.0 Å². The van der Waals surface area contributed by atoms with Crippen molar-refractivity contribution < 1.29 is 9.53 Å². The molecule has 18 heavy (non-hydrogen) atoms. The second-order valence-corrected chi connectivity index (χ2v) is 4.41. The Kier molecular flexibility index (Phi) is 6.22. The molecule has 1 amide bonds. The van der Waals surface area contributed by atoms with Gasteiger partial charge in [0, 0.05) is 26.6 Å². The van der Waals surface area contributed by atoms with Crippen molar-refractivity contribution in [2.75, 3.05) is 13.6 Å². The number of hydrogen-bond donors (Lipinski definition) is 2. The Morgan fingerprint density at radius 3 is 2.50 bits per heavy atom. The fourth-order valence-corrected chi connectivity index (χ4v) is 1.52. The third kappa shape index (κ3) is 5.68.